The van der Waals surface area contributed by atoms with Gasteiger partial charge < -0.3 is 15.5 Å². The van der Waals surface area contributed by atoms with E-state index < -0.39 is 0 Å². The number of nitrogens with one attached hydrogen (secondary N) is 2. The summed E-state index contributed by atoms with van der Waals surface area (Å²) in [6, 6.07) is 0.467. The summed E-state index contributed by atoms with van der Waals surface area (Å²) in [5.41, 5.74) is 0.328. The highest BCUT2D eigenvalue weighted by Gasteiger charge is 2.09. The predicted molar refractivity (Wildman–Crippen MR) is 71.7 cm³/mol. The van der Waals surface area contributed by atoms with Gasteiger partial charge in [0, 0.05) is 26.2 Å². The summed E-state index contributed by atoms with van der Waals surface area (Å²) in [7, 11) is 3.77. The predicted octanol–water partition coefficient (Wildman–Crippen LogP) is 0.588. The second kappa shape index (κ2) is 6.90. The highest BCUT2D eigenvalue weighted by molar-refractivity contribution is 5.92. The molecular formula is C12H21N5O. The molecule has 0 aliphatic heterocycles. The lowest BCUT2D eigenvalue weighted by atomic mass is 10.3. The Morgan fingerprint density at radius 2 is 2.17 bits per heavy atom. The lowest BCUT2D eigenvalue weighted by molar-refractivity contribution is 0.0943. The average molecular weight is 251 g/mol. The van der Waals surface area contributed by atoms with Gasteiger partial charge in [-0.2, -0.15) is 0 Å². The van der Waals surface area contributed by atoms with Crippen molar-refractivity contribution >= 4 is 11.7 Å². The van der Waals surface area contributed by atoms with E-state index in [0.717, 1.165) is 6.54 Å². The zero-order chi connectivity index (χ0) is 13.5. The number of aromatic nitrogens is 2. The van der Waals surface area contributed by atoms with E-state index in [0.29, 0.717) is 24.1 Å². The fourth-order valence-electron chi connectivity index (χ4n) is 1.29. The SMILES string of the molecule is CNc1cncc(C(=O)NCCN(C)C(C)C)n1. The molecule has 0 aliphatic carbocycles. The van der Waals surface area contributed by atoms with Crippen molar-refractivity contribution in [1.29, 1.82) is 0 Å². The molecule has 0 saturated heterocycles. The third-order valence-corrected chi connectivity index (χ3v) is 2.75. The number of anilines is 1. The van der Waals surface area contributed by atoms with Gasteiger partial charge in [-0.15, -0.1) is 0 Å². The summed E-state index contributed by atoms with van der Waals surface area (Å²) in [4.78, 5) is 22.0. The summed E-state index contributed by atoms with van der Waals surface area (Å²) in [6.45, 7) is 5.63. The van der Waals surface area contributed by atoms with Crippen LogP contribution in [0.3, 0.4) is 0 Å². The molecule has 0 unspecified atom stereocenters. The minimum Gasteiger partial charge on any atom is -0.372 e. The van der Waals surface area contributed by atoms with Gasteiger partial charge in [0.25, 0.3) is 5.91 Å². The van der Waals surface area contributed by atoms with Crippen molar-refractivity contribution in [3.8, 4) is 0 Å². The van der Waals surface area contributed by atoms with Crippen molar-refractivity contribution in [2.45, 2.75) is 19.9 Å². The topological polar surface area (TPSA) is 70.2 Å². The number of hydrogen-bond acceptors (Lipinski definition) is 5. The first kappa shape index (κ1) is 14.4. The van der Waals surface area contributed by atoms with Gasteiger partial charge in [-0.25, -0.2) is 4.98 Å². The quantitative estimate of drug-likeness (QED) is 0.774. The molecule has 0 fully saturated rings. The van der Waals surface area contributed by atoms with Crippen LogP contribution in [0.2, 0.25) is 0 Å². The second-order valence-electron chi connectivity index (χ2n) is 4.37. The van der Waals surface area contributed by atoms with E-state index in [1.807, 2.05) is 7.05 Å². The standard InChI is InChI=1S/C12H21N5O/c1-9(2)17(4)6-5-15-12(18)10-7-14-8-11(13-3)16-10/h7-9H,5-6H2,1-4H3,(H,13,16)(H,15,18). The molecule has 0 atom stereocenters. The van der Waals surface area contributed by atoms with Crippen molar-refractivity contribution in [3.63, 3.8) is 0 Å². The molecule has 0 saturated carbocycles. The van der Waals surface area contributed by atoms with Gasteiger partial charge in [0.15, 0.2) is 0 Å². The lowest BCUT2D eigenvalue weighted by Crippen LogP contribution is -2.36. The molecule has 1 aromatic heterocycles. The molecule has 1 heterocycles. The Bertz CT molecular complexity index is 394. The third-order valence-electron chi connectivity index (χ3n) is 2.75. The van der Waals surface area contributed by atoms with E-state index in [4.69, 9.17) is 0 Å². The lowest BCUT2D eigenvalue weighted by Gasteiger charge is -2.20. The van der Waals surface area contributed by atoms with Gasteiger partial charge >= 0.3 is 0 Å². The van der Waals surface area contributed by atoms with Gasteiger partial charge in [0.05, 0.1) is 12.4 Å². The second-order valence-corrected chi connectivity index (χ2v) is 4.37. The summed E-state index contributed by atoms with van der Waals surface area (Å²) >= 11 is 0. The van der Waals surface area contributed by atoms with Crippen LogP contribution in [0.1, 0.15) is 24.3 Å². The highest BCUT2D eigenvalue weighted by atomic mass is 16.1. The molecule has 18 heavy (non-hydrogen) atoms. The molecule has 2 N–H and O–H groups in total. The smallest absolute Gasteiger partial charge is 0.271 e. The third kappa shape index (κ3) is 4.29. The van der Waals surface area contributed by atoms with E-state index in [2.05, 4.69) is 39.3 Å². The van der Waals surface area contributed by atoms with E-state index in [9.17, 15) is 4.79 Å². The van der Waals surface area contributed by atoms with E-state index in [-0.39, 0.29) is 5.91 Å². The number of likely N-dealkylation sites (N-methyl/N-ethyl adjacent to an activating group) is 1. The van der Waals surface area contributed by atoms with Gasteiger partial charge in [0.2, 0.25) is 0 Å². The molecule has 0 aromatic carbocycles. The summed E-state index contributed by atoms with van der Waals surface area (Å²) in [5.74, 6) is 0.388. The number of nitrogens with zero attached hydrogens (tertiary/aromatic N) is 3. The van der Waals surface area contributed by atoms with Crippen LogP contribution in [0.25, 0.3) is 0 Å². The normalized spacial score (nSPS) is 10.8. The molecule has 1 aromatic rings. The Kier molecular flexibility index (Phi) is 5.51. The van der Waals surface area contributed by atoms with Crippen molar-refractivity contribution in [2.24, 2.45) is 0 Å². The van der Waals surface area contributed by atoms with Crippen LogP contribution in [-0.2, 0) is 0 Å². The maximum absolute atomic E-state index is 11.8. The van der Waals surface area contributed by atoms with E-state index >= 15 is 0 Å². The van der Waals surface area contributed by atoms with Crippen molar-refractivity contribution in [1.82, 2.24) is 20.2 Å². The average Bonchev–Trinajstić information content (AvgIpc) is 2.38. The minimum atomic E-state index is -0.197. The Balaban J connectivity index is 2.45. The maximum Gasteiger partial charge on any atom is 0.271 e. The van der Waals surface area contributed by atoms with E-state index in [1.54, 1.807) is 13.2 Å². The molecule has 6 heteroatoms. The first-order valence-electron chi connectivity index (χ1n) is 6.02. The molecule has 100 valence electrons. The molecule has 6 nitrogen and oxygen atoms in total. The van der Waals surface area contributed by atoms with Crippen molar-refractivity contribution in [2.75, 3.05) is 32.5 Å². The van der Waals surface area contributed by atoms with Gasteiger partial charge in [0.1, 0.15) is 11.5 Å². The fraction of sp³-hybridized carbons (Fsp3) is 0.583. The van der Waals surface area contributed by atoms with E-state index in [1.165, 1.54) is 6.20 Å². The summed E-state index contributed by atoms with van der Waals surface area (Å²) < 4.78 is 0. The van der Waals surface area contributed by atoms with Gasteiger partial charge in [-0.05, 0) is 20.9 Å². The number of amides is 1. The molecular weight excluding hydrogens is 230 g/mol. The number of hydrogen-bond donors (Lipinski definition) is 2. The van der Waals surface area contributed by atoms with Crippen LogP contribution in [-0.4, -0.2) is 54.0 Å². The summed E-state index contributed by atoms with van der Waals surface area (Å²) in [5, 5.41) is 5.67. The van der Waals surface area contributed by atoms with Crippen LogP contribution in [0.4, 0.5) is 5.82 Å². The Labute approximate surface area is 108 Å². The van der Waals surface area contributed by atoms with Crippen LogP contribution in [0, 0.1) is 0 Å². The Morgan fingerprint density at radius 3 is 2.78 bits per heavy atom. The van der Waals surface area contributed by atoms with Gasteiger partial charge in [-0.1, -0.05) is 0 Å². The first-order chi connectivity index (χ1) is 8.54. The molecule has 0 radical (unpaired) electrons. The Hall–Kier alpha value is -1.69. The molecule has 0 spiro atoms. The van der Waals surface area contributed by atoms with Crippen LogP contribution >= 0.6 is 0 Å². The maximum atomic E-state index is 11.8. The molecule has 1 amide bonds. The zero-order valence-corrected chi connectivity index (χ0v) is 11.4. The highest BCUT2D eigenvalue weighted by Crippen LogP contribution is 2.00. The molecule has 0 bridgehead atoms. The molecule has 1 rings (SSSR count). The molecule has 0 aliphatic rings. The van der Waals surface area contributed by atoms with Crippen LogP contribution < -0.4 is 10.6 Å². The van der Waals surface area contributed by atoms with Crippen LogP contribution in [0.5, 0.6) is 0 Å². The number of carbonyl (C=O) groups excluding carboxylic acids is 1. The number of carbonyl (C=O) groups is 1. The van der Waals surface area contributed by atoms with Gasteiger partial charge in [-0.3, -0.25) is 9.78 Å². The fourth-order valence-corrected chi connectivity index (χ4v) is 1.29. The largest absolute Gasteiger partial charge is 0.372 e. The Morgan fingerprint density at radius 1 is 1.44 bits per heavy atom. The first-order valence-corrected chi connectivity index (χ1v) is 6.02. The van der Waals surface area contributed by atoms with Crippen molar-refractivity contribution in [3.05, 3.63) is 18.1 Å². The van der Waals surface area contributed by atoms with Crippen molar-refractivity contribution < 1.29 is 4.79 Å². The van der Waals surface area contributed by atoms with Crippen LogP contribution in [0.15, 0.2) is 12.4 Å². The monoisotopic (exact) mass is 251 g/mol. The minimum absolute atomic E-state index is 0.197. The zero-order valence-electron chi connectivity index (χ0n) is 11.4. The summed E-state index contributed by atoms with van der Waals surface area (Å²) in [6.07, 6.45) is 3.03. The number of rotatable bonds is 6.